The second kappa shape index (κ2) is 8.52. The molecule has 0 bridgehead atoms. The number of alkyl halides is 6. The van der Waals surface area contributed by atoms with Gasteiger partial charge in [-0.3, -0.25) is 4.79 Å². The number of likely N-dealkylation sites (tertiary alicyclic amines) is 1. The van der Waals surface area contributed by atoms with E-state index in [2.05, 4.69) is 20.5 Å². The summed E-state index contributed by atoms with van der Waals surface area (Å²) < 4.78 is 82.7. The number of carbonyl (C=O) groups excluding carboxylic acids is 1. The van der Waals surface area contributed by atoms with Crippen LogP contribution in [0.25, 0.3) is 11.6 Å². The van der Waals surface area contributed by atoms with E-state index >= 15 is 0 Å². The number of amides is 1. The quantitative estimate of drug-likeness (QED) is 0.504. The summed E-state index contributed by atoms with van der Waals surface area (Å²) in [4.78, 5) is 17.1. The topological polar surface area (TPSA) is 104 Å². The minimum Gasteiger partial charge on any atom is -0.418 e. The first-order valence-corrected chi connectivity index (χ1v) is 10.1. The minimum absolute atomic E-state index is 0.104. The Morgan fingerprint density at radius 1 is 1.11 bits per heavy atom. The molecule has 8 nitrogen and oxygen atoms in total. The lowest BCUT2D eigenvalue weighted by Gasteiger charge is -2.26. The third kappa shape index (κ3) is 4.65. The van der Waals surface area contributed by atoms with E-state index in [4.69, 9.17) is 4.42 Å². The van der Waals surface area contributed by atoms with Crippen molar-refractivity contribution in [3.8, 4) is 11.6 Å². The third-order valence-corrected chi connectivity index (χ3v) is 5.57. The van der Waals surface area contributed by atoms with Crippen LogP contribution in [0.5, 0.6) is 0 Å². The van der Waals surface area contributed by atoms with Gasteiger partial charge in [0.2, 0.25) is 18.0 Å². The number of aliphatic hydroxyl groups excluding tert-OH is 1. The van der Waals surface area contributed by atoms with E-state index in [-0.39, 0.29) is 30.4 Å². The highest BCUT2D eigenvalue weighted by Crippen LogP contribution is 2.39. The summed E-state index contributed by atoms with van der Waals surface area (Å²) in [5.41, 5.74) is -1.73. The van der Waals surface area contributed by atoms with Crippen molar-refractivity contribution in [1.82, 2.24) is 20.1 Å². The van der Waals surface area contributed by atoms with Crippen molar-refractivity contribution in [3.05, 3.63) is 54.0 Å². The highest BCUT2D eigenvalue weighted by Gasteiger charge is 2.55. The first kappa shape index (κ1) is 24.4. The van der Waals surface area contributed by atoms with Crippen molar-refractivity contribution >= 4 is 17.3 Å². The van der Waals surface area contributed by atoms with Gasteiger partial charge in [-0.2, -0.15) is 26.3 Å². The molecule has 1 saturated heterocycles. The van der Waals surface area contributed by atoms with Crippen molar-refractivity contribution in [1.29, 1.82) is 0 Å². The van der Waals surface area contributed by atoms with Crippen LogP contribution in [-0.2, 0) is 16.4 Å². The minimum atomic E-state index is -5.02. The number of carbonyl (C=O) groups is 1. The molecule has 35 heavy (non-hydrogen) atoms. The van der Waals surface area contributed by atoms with Gasteiger partial charge < -0.3 is 19.7 Å². The van der Waals surface area contributed by atoms with E-state index in [0.29, 0.717) is 16.3 Å². The Bertz CT molecular complexity index is 1230. The lowest BCUT2D eigenvalue weighted by Crippen LogP contribution is -2.48. The van der Waals surface area contributed by atoms with Gasteiger partial charge in [-0.05, 0) is 49.7 Å². The van der Waals surface area contributed by atoms with Crippen LogP contribution in [0, 0.1) is 0 Å². The van der Waals surface area contributed by atoms with E-state index in [1.54, 1.807) is 12.1 Å². The normalized spacial score (nSPS) is 19.8. The van der Waals surface area contributed by atoms with Crippen LogP contribution in [0.1, 0.15) is 24.8 Å². The van der Waals surface area contributed by atoms with E-state index in [9.17, 15) is 36.2 Å². The summed E-state index contributed by atoms with van der Waals surface area (Å²) in [6, 6.07) is 7.34. The zero-order valence-electron chi connectivity index (χ0n) is 17.9. The molecule has 186 valence electrons. The van der Waals surface area contributed by atoms with Crippen LogP contribution in [0.4, 0.5) is 37.7 Å². The van der Waals surface area contributed by atoms with Crippen LogP contribution in [0.2, 0.25) is 0 Å². The number of nitrogens with zero attached hydrogens (tertiary/aromatic N) is 4. The number of hydrogen-bond donors (Lipinski definition) is 2. The predicted molar refractivity (Wildman–Crippen MR) is 108 cm³/mol. The molecular weight excluding hydrogens is 484 g/mol. The molecule has 0 saturated carbocycles. The lowest BCUT2D eigenvalue weighted by molar-refractivity contribution is -0.245. The molecule has 2 N–H and O–H groups in total. The Balaban J connectivity index is 1.59. The van der Waals surface area contributed by atoms with Gasteiger partial charge in [0.15, 0.2) is 5.69 Å². The zero-order valence-corrected chi connectivity index (χ0v) is 17.9. The molecular formula is C21H17F6N5O3. The number of anilines is 2. The summed E-state index contributed by atoms with van der Waals surface area (Å²) in [5, 5.41) is 20.1. The van der Waals surface area contributed by atoms with Crippen molar-refractivity contribution in [2.75, 3.05) is 11.9 Å². The maximum absolute atomic E-state index is 12.9. The van der Waals surface area contributed by atoms with Crippen LogP contribution < -0.4 is 5.32 Å². The van der Waals surface area contributed by atoms with E-state index < -0.39 is 35.5 Å². The fourth-order valence-corrected chi connectivity index (χ4v) is 3.59. The van der Waals surface area contributed by atoms with Gasteiger partial charge in [0, 0.05) is 18.4 Å². The Labute approximate surface area is 193 Å². The Morgan fingerprint density at radius 2 is 1.80 bits per heavy atom. The fraction of sp³-hybridized carbons (Fsp3) is 0.333. The Kier molecular flexibility index (Phi) is 5.95. The van der Waals surface area contributed by atoms with Gasteiger partial charge >= 0.3 is 12.4 Å². The first-order valence-electron chi connectivity index (χ1n) is 10.1. The molecule has 14 heteroatoms. The molecule has 0 unspecified atom stereocenters. The van der Waals surface area contributed by atoms with Gasteiger partial charge in [-0.25, -0.2) is 4.98 Å². The smallest absolute Gasteiger partial charge is 0.418 e. The second-order valence-corrected chi connectivity index (χ2v) is 8.01. The maximum Gasteiger partial charge on any atom is 0.433 e. The number of rotatable bonds is 5. The number of hydrogen-bond acceptors (Lipinski definition) is 7. The molecule has 3 aromatic rings. The number of nitrogens with one attached hydrogen (secondary N) is 1. The Hall–Kier alpha value is -3.68. The monoisotopic (exact) mass is 501 g/mol. The molecule has 2 atom stereocenters. The molecule has 1 amide bonds. The van der Waals surface area contributed by atoms with E-state index in [1.165, 1.54) is 25.3 Å². The van der Waals surface area contributed by atoms with Crippen molar-refractivity contribution in [2.45, 2.75) is 37.3 Å². The number of halogens is 6. The van der Waals surface area contributed by atoms with Gasteiger partial charge in [-0.15, -0.1) is 10.2 Å². The third-order valence-electron chi connectivity index (χ3n) is 5.57. The standard InChI is InChI=1S/C21H17F6N5O3/c1-19(8-10-32(17(19)33)18(34)21(25,26)27)16-31-30-15(35-16)14-13(3-2-9-28-14)29-12-6-4-11(5-7-12)20(22,23)24/h2-7,9,18,29,34H,8,10H2,1H3/t18-,19+/m0/s1. The van der Waals surface area contributed by atoms with Crippen LogP contribution >= 0.6 is 0 Å². The van der Waals surface area contributed by atoms with Crippen LogP contribution in [0.3, 0.4) is 0 Å². The molecule has 1 fully saturated rings. The predicted octanol–water partition coefficient (Wildman–Crippen LogP) is 4.26. The van der Waals surface area contributed by atoms with Gasteiger partial charge in [0.25, 0.3) is 5.89 Å². The lowest BCUT2D eigenvalue weighted by atomic mass is 9.89. The fourth-order valence-electron chi connectivity index (χ4n) is 3.59. The number of aliphatic hydroxyl groups is 1. The van der Waals surface area contributed by atoms with Gasteiger partial charge in [-0.1, -0.05) is 0 Å². The summed E-state index contributed by atoms with van der Waals surface area (Å²) in [5.74, 6) is -1.46. The summed E-state index contributed by atoms with van der Waals surface area (Å²) in [6.07, 6.45) is -11.2. The molecule has 3 heterocycles. The van der Waals surface area contributed by atoms with Crippen LogP contribution in [0.15, 0.2) is 47.0 Å². The average Bonchev–Trinajstić information content (AvgIpc) is 3.39. The SMILES string of the molecule is C[C@]1(c2nnc(-c3ncccc3Nc3ccc(C(F)(F)F)cc3)o2)CCN([C@@H](O)C(F)(F)F)C1=O. The Morgan fingerprint density at radius 3 is 2.43 bits per heavy atom. The summed E-state index contributed by atoms with van der Waals surface area (Å²) in [7, 11) is 0. The molecule has 1 aliphatic rings. The van der Waals surface area contributed by atoms with Crippen molar-refractivity contribution in [3.63, 3.8) is 0 Å². The number of aromatic nitrogens is 3. The molecule has 0 radical (unpaired) electrons. The largest absolute Gasteiger partial charge is 0.433 e. The number of benzene rings is 1. The summed E-state index contributed by atoms with van der Waals surface area (Å²) in [6.45, 7) is 0.952. The molecule has 0 aliphatic carbocycles. The van der Waals surface area contributed by atoms with Crippen molar-refractivity contribution in [2.24, 2.45) is 0 Å². The van der Waals surface area contributed by atoms with Gasteiger partial charge in [0.05, 0.1) is 11.3 Å². The second-order valence-electron chi connectivity index (χ2n) is 8.01. The van der Waals surface area contributed by atoms with Crippen molar-refractivity contribution < 1.29 is 40.7 Å². The molecule has 1 aliphatic heterocycles. The molecule has 2 aromatic heterocycles. The van der Waals surface area contributed by atoms with Crippen LogP contribution in [-0.4, -0.2) is 50.0 Å². The van der Waals surface area contributed by atoms with Gasteiger partial charge in [0.1, 0.15) is 5.41 Å². The average molecular weight is 501 g/mol. The summed E-state index contributed by atoms with van der Waals surface area (Å²) >= 11 is 0. The molecule has 0 spiro atoms. The highest BCUT2D eigenvalue weighted by atomic mass is 19.4. The zero-order chi connectivity index (χ0) is 25.6. The molecule has 4 rings (SSSR count). The molecule has 1 aromatic carbocycles. The first-order chi connectivity index (χ1) is 16.3. The maximum atomic E-state index is 12.9. The van der Waals surface area contributed by atoms with E-state index in [1.807, 2.05) is 0 Å². The van der Waals surface area contributed by atoms with E-state index in [0.717, 1.165) is 12.1 Å². The number of pyridine rings is 1. The highest BCUT2D eigenvalue weighted by molar-refractivity contribution is 5.89.